The zero-order chi connectivity index (χ0) is 25.7. The Morgan fingerprint density at radius 2 is 1.83 bits per heavy atom. The van der Waals surface area contributed by atoms with Crippen molar-refractivity contribution in [2.24, 2.45) is 0 Å². The summed E-state index contributed by atoms with van der Waals surface area (Å²) in [7, 11) is -0.894. The van der Waals surface area contributed by atoms with Gasteiger partial charge in [0.2, 0.25) is 15.9 Å². The Morgan fingerprint density at radius 1 is 1.11 bits per heavy atom. The van der Waals surface area contributed by atoms with Crippen LogP contribution >= 0.6 is 11.3 Å². The van der Waals surface area contributed by atoms with Crippen molar-refractivity contribution in [2.75, 3.05) is 40.5 Å². The first-order chi connectivity index (χ1) is 17.3. The number of amides is 1. The van der Waals surface area contributed by atoms with Gasteiger partial charge in [0.15, 0.2) is 0 Å². The second-order valence-corrected chi connectivity index (χ2v) is 11.4. The first-order valence-electron chi connectivity index (χ1n) is 11.6. The lowest BCUT2D eigenvalue weighted by atomic mass is 9.93. The molecule has 1 atom stereocenters. The van der Waals surface area contributed by atoms with E-state index in [0.29, 0.717) is 31.7 Å². The molecule has 0 saturated carbocycles. The van der Waals surface area contributed by atoms with Crippen LogP contribution < -0.4 is 4.74 Å². The summed E-state index contributed by atoms with van der Waals surface area (Å²) < 4.78 is 52.1. The number of hydrogen-bond donors (Lipinski definition) is 0. The molecule has 0 spiro atoms. The number of fused-ring (bicyclic) bond motifs is 1. The summed E-state index contributed by atoms with van der Waals surface area (Å²) in [5, 5.41) is 1.99. The summed E-state index contributed by atoms with van der Waals surface area (Å²) in [6.07, 6.45) is 1.13. The quantitative estimate of drug-likeness (QED) is 0.368. The van der Waals surface area contributed by atoms with E-state index in [4.69, 9.17) is 9.47 Å². The van der Waals surface area contributed by atoms with Gasteiger partial charge in [-0.2, -0.15) is 4.31 Å². The van der Waals surface area contributed by atoms with Gasteiger partial charge in [-0.3, -0.25) is 4.79 Å². The third-order valence-corrected chi connectivity index (χ3v) is 9.09. The van der Waals surface area contributed by atoms with Gasteiger partial charge in [0, 0.05) is 31.7 Å². The summed E-state index contributed by atoms with van der Waals surface area (Å²) >= 11 is 1.63. The molecule has 7 nitrogen and oxygen atoms in total. The van der Waals surface area contributed by atoms with E-state index >= 15 is 0 Å². The number of sulfonamides is 1. The zero-order valence-electron chi connectivity index (χ0n) is 20.2. The maximum Gasteiger partial charge on any atom is 0.243 e. The highest BCUT2D eigenvalue weighted by molar-refractivity contribution is 7.89. The van der Waals surface area contributed by atoms with Gasteiger partial charge in [-0.1, -0.05) is 12.1 Å². The van der Waals surface area contributed by atoms with Crippen molar-refractivity contribution in [1.29, 1.82) is 0 Å². The van der Waals surface area contributed by atoms with E-state index in [1.165, 1.54) is 40.6 Å². The lowest BCUT2D eigenvalue weighted by Crippen LogP contribution is -2.47. The number of carbonyl (C=O) groups is 1. The summed E-state index contributed by atoms with van der Waals surface area (Å²) in [6.45, 7) is 0.633. The van der Waals surface area contributed by atoms with Gasteiger partial charge >= 0.3 is 0 Å². The summed E-state index contributed by atoms with van der Waals surface area (Å²) in [6, 6.07) is 13.8. The van der Waals surface area contributed by atoms with Crippen LogP contribution in [-0.2, 0) is 26.0 Å². The van der Waals surface area contributed by atoms with Crippen LogP contribution in [0.1, 0.15) is 28.5 Å². The van der Waals surface area contributed by atoms with Crippen molar-refractivity contribution in [1.82, 2.24) is 9.21 Å². The first kappa shape index (κ1) is 26.3. The number of halogens is 1. The molecular formula is C26H29FN2O5S2. The number of rotatable bonds is 10. The van der Waals surface area contributed by atoms with Crippen molar-refractivity contribution >= 4 is 27.3 Å². The normalized spacial score (nSPS) is 15.7. The van der Waals surface area contributed by atoms with Crippen molar-refractivity contribution in [3.05, 3.63) is 81.8 Å². The molecule has 192 valence electrons. The molecule has 0 aliphatic carbocycles. The molecule has 2 heterocycles. The maximum absolute atomic E-state index is 13.7. The van der Waals surface area contributed by atoms with E-state index in [1.54, 1.807) is 47.6 Å². The van der Waals surface area contributed by atoms with Gasteiger partial charge in [0.05, 0.1) is 24.6 Å². The smallest absolute Gasteiger partial charge is 0.243 e. The van der Waals surface area contributed by atoms with Gasteiger partial charge in [-0.15, -0.1) is 11.3 Å². The first-order valence-corrected chi connectivity index (χ1v) is 13.9. The number of methoxy groups -OCH3 is 2. The lowest BCUT2D eigenvalue weighted by Gasteiger charge is -2.37. The van der Waals surface area contributed by atoms with E-state index in [0.717, 1.165) is 11.1 Å². The lowest BCUT2D eigenvalue weighted by molar-refractivity contribution is -0.133. The molecule has 10 heteroatoms. The fourth-order valence-electron chi connectivity index (χ4n) is 4.40. The average Bonchev–Trinajstić information content (AvgIpc) is 3.37. The minimum Gasteiger partial charge on any atom is -0.497 e. The Kier molecular flexibility index (Phi) is 8.40. The van der Waals surface area contributed by atoms with Crippen LogP contribution in [0.5, 0.6) is 5.75 Å². The summed E-state index contributed by atoms with van der Waals surface area (Å²) in [4.78, 5) is 16.7. The molecule has 4 rings (SSSR count). The highest BCUT2D eigenvalue weighted by Crippen LogP contribution is 2.38. The van der Waals surface area contributed by atoms with Crippen LogP contribution in [0.2, 0.25) is 0 Å². The van der Waals surface area contributed by atoms with Crippen LogP contribution in [0, 0.1) is 5.82 Å². The number of benzene rings is 2. The molecule has 0 saturated heterocycles. The molecule has 3 aromatic rings. The number of carbonyl (C=O) groups excluding carboxylic acids is 1. The number of hydrogen-bond acceptors (Lipinski definition) is 6. The highest BCUT2D eigenvalue weighted by atomic mass is 32.2. The van der Waals surface area contributed by atoms with Gasteiger partial charge in [0.25, 0.3) is 0 Å². The Labute approximate surface area is 215 Å². The topological polar surface area (TPSA) is 76.2 Å². The van der Waals surface area contributed by atoms with Crippen molar-refractivity contribution < 1.29 is 27.1 Å². The number of ether oxygens (including phenoxy) is 2. The average molecular weight is 533 g/mol. The molecule has 0 N–H and O–H groups in total. The molecule has 1 aliphatic rings. The molecule has 1 aliphatic heterocycles. The Morgan fingerprint density at radius 3 is 2.50 bits per heavy atom. The molecule has 1 unspecified atom stereocenters. The standard InChI is InChI=1S/C26H29FN2O5S2/c1-33-16-3-14-28(36(31,32)22-10-8-21(34-2)9-11-22)18-25(30)29-15-12-24-23(13-17-35-24)26(29)19-4-6-20(27)7-5-19/h4-11,13,17,26H,3,12,14-16,18H2,1-2H3. The van der Waals surface area contributed by atoms with Gasteiger partial charge in [-0.25, -0.2) is 12.8 Å². The second-order valence-electron chi connectivity index (χ2n) is 8.45. The molecule has 36 heavy (non-hydrogen) atoms. The zero-order valence-corrected chi connectivity index (χ0v) is 21.9. The minimum absolute atomic E-state index is 0.0855. The Bertz CT molecular complexity index is 1280. The molecule has 1 aromatic heterocycles. The van der Waals surface area contributed by atoms with E-state index in [2.05, 4.69) is 0 Å². The van der Waals surface area contributed by atoms with Crippen LogP contribution in [0.15, 0.2) is 64.9 Å². The van der Waals surface area contributed by atoms with Crippen LogP contribution in [-0.4, -0.2) is 64.0 Å². The molecular weight excluding hydrogens is 503 g/mol. The number of nitrogens with zero attached hydrogens (tertiary/aromatic N) is 2. The van der Waals surface area contributed by atoms with Crippen LogP contribution in [0.25, 0.3) is 0 Å². The van der Waals surface area contributed by atoms with Crippen LogP contribution in [0.3, 0.4) is 0 Å². The summed E-state index contributed by atoms with van der Waals surface area (Å²) in [5.74, 6) is -0.124. The molecule has 2 aromatic carbocycles. The van der Waals surface area contributed by atoms with E-state index in [1.807, 2.05) is 11.4 Å². The monoisotopic (exact) mass is 532 g/mol. The fourth-order valence-corrected chi connectivity index (χ4v) is 6.73. The molecule has 0 radical (unpaired) electrons. The van der Waals surface area contributed by atoms with Gasteiger partial charge in [-0.05, 0) is 71.8 Å². The summed E-state index contributed by atoms with van der Waals surface area (Å²) in [5.41, 5.74) is 1.78. The molecule has 0 fully saturated rings. The predicted octanol–water partition coefficient (Wildman–Crippen LogP) is 4.10. The number of thiophene rings is 1. The van der Waals surface area contributed by atoms with Crippen molar-refractivity contribution in [2.45, 2.75) is 23.8 Å². The third-order valence-electron chi connectivity index (χ3n) is 6.24. The molecule has 1 amide bonds. The van der Waals surface area contributed by atoms with E-state index in [-0.39, 0.29) is 29.7 Å². The SMILES string of the molecule is COCCCN(CC(=O)N1CCc2sccc2C1c1ccc(F)cc1)S(=O)(=O)c1ccc(OC)cc1. The predicted molar refractivity (Wildman–Crippen MR) is 136 cm³/mol. The Balaban J connectivity index is 1.63. The maximum atomic E-state index is 13.7. The largest absolute Gasteiger partial charge is 0.497 e. The fraction of sp³-hybridized carbons (Fsp3) is 0.346. The van der Waals surface area contributed by atoms with Gasteiger partial charge < -0.3 is 14.4 Å². The Hall–Kier alpha value is -2.79. The van der Waals surface area contributed by atoms with E-state index < -0.39 is 16.1 Å². The molecule has 0 bridgehead atoms. The minimum atomic E-state index is -3.95. The van der Waals surface area contributed by atoms with Crippen molar-refractivity contribution in [3.63, 3.8) is 0 Å². The van der Waals surface area contributed by atoms with Crippen molar-refractivity contribution in [3.8, 4) is 5.75 Å². The third kappa shape index (κ3) is 5.62. The highest BCUT2D eigenvalue weighted by Gasteiger charge is 2.35. The van der Waals surface area contributed by atoms with Gasteiger partial charge in [0.1, 0.15) is 11.6 Å². The van der Waals surface area contributed by atoms with E-state index in [9.17, 15) is 17.6 Å². The second kappa shape index (κ2) is 11.5. The van der Waals surface area contributed by atoms with Crippen LogP contribution in [0.4, 0.5) is 4.39 Å².